The summed E-state index contributed by atoms with van der Waals surface area (Å²) in [6, 6.07) is 16.3. The van der Waals surface area contributed by atoms with Gasteiger partial charge in [-0.15, -0.1) is 0 Å². The van der Waals surface area contributed by atoms with Crippen LogP contribution in [0.3, 0.4) is 0 Å². The van der Waals surface area contributed by atoms with E-state index in [1.807, 2.05) is 18.2 Å². The van der Waals surface area contributed by atoms with Gasteiger partial charge in [0.1, 0.15) is 0 Å². The molecule has 0 amide bonds. The van der Waals surface area contributed by atoms with Crippen molar-refractivity contribution in [2.45, 2.75) is 12.3 Å². The average molecular weight is 286 g/mol. The van der Waals surface area contributed by atoms with Gasteiger partial charge in [0.25, 0.3) is 0 Å². The van der Waals surface area contributed by atoms with E-state index in [9.17, 15) is 4.79 Å². The zero-order chi connectivity index (χ0) is 13.9. The van der Waals surface area contributed by atoms with E-state index in [1.54, 1.807) is 6.07 Å². The third-order valence-corrected chi connectivity index (χ3v) is 4.26. The molecule has 0 aliphatic carbocycles. The van der Waals surface area contributed by atoms with E-state index >= 15 is 0 Å². The van der Waals surface area contributed by atoms with Crippen LogP contribution in [-0.2, 0) is 0 Å². The molecule has 0 bridgehead atoms. The van der Waals surface area contributed by atoms with Crippen molar-refractivity contribution >= 4 is 23.6 Å². The third kappa shape index (κ3) is 2.56. The maximum Gasteiger partial charge on any atom is 0.151 e. The molecule has 20 heavy (non-hydrogen) atoms. The first-order valence-corrected chi connectivity index (χ1v) is 7.20. The van der Waals surface area contributed by atoms with Gasteiger partial charge in [-0.1, -0.05) is 41.9 Å². The van der Waals surface area contributed by atoms with Gasteiger partial charge in [0.15, 0.2) is 6.29 Å². The van der Waals surface area contributed by atoms with Crippen molar-refractivity contribution in [1.82, 2.24) is 0 Å². The Bertz CT molecular complexity index is 612. The quantitative estimate of drug-likeness (QED) is 0.790. The molecule has 2 aromatic rings. The van der Waals surface area contributed by atoms with Gasteiger partial charge in [0.05, 0.1) is 5.02 Å². The minimum atomic E-state index is 0.528. The highest BCUT2D eigenvalue weighted by Gasteiger charge is 2.24. The predicted molar refractivity (Wildman–Crippen MR) is 82.9 cm³/mol. The first-order chi connectivity index (χ1) is 9.78. The molecule has 1 fully saturated rings. The molecule has 1 heterocycles. The van der Waals surface area contributed by atoms with Crippen LogP contribution in [0.2, 0.25) is 5.02 Å². The van der Waals surface area contributed by atoms with Crippen LogP contribution >= 0.6 is 11.6 Å². The van der Waals surface area contributed by atoms with Crippen LogP contribution in [0.4, 0.5) is 5.69 Å². The summed E-state index contributed by atoms with van der Waals surface area (Å²) in [5, 5.41) is 0.528. The summed E-state index contributed by atoms with van der Waals surface area (Å²) in [7, 11) is 0. The number of hydrogen-bond donors (Lipinski definition) is 0. The number of benzene rings is 2. The Labute approximate surface area is 124 Å². The van der Waals surface area contributed by atoms with E-state index in [0.29, 0.717) is 16.5 Å². The van der Waals surface area contributed by atoms with E-state index in [-0.39, 0.29) is 0 Å². The summed E-state index contributed by atoms with van der Waals surface area (Å²) in [5.74, 6) is 0.570. The number of anilines is 1. The molecule has 102 valence electrons. The minimum absolute atomic E-state index is 0.528. The second-order valence-electron chi connectivity index (χ2n) is 5.17. The van der Waals surface area contributed by atoms with Gasteiger partial charge in [-0.2, -0.15) is 0 Å². The zero-order valence-electron chi connectivity index (χ0n) is 11.1. The highest BCUT2D eigenvalue weighted by atomic mass is 35.5. The first-order valence-electron chi connectivity index (χ1n) is 6.82. The second kappa shape index (κ2) is 5.68. The molecule has 2 nitrogen and oxygen atoms in total. The molecule has 3 rings (SSSR count). The average Bonchev–Trinajstić information content (AvgIpc) is 2.98. The van der Waals surface area contributed by atoms with Crippen molar-refractivity contribution in [3.63, 3.8) is 0 Å². The monoisotopic (exact) mass is 285 g/mol. The fraction of sp³-hybridized carbons (Fsp3) is 0.235. The lowest BCUT2D eigenvalue weighted by Crippen LogP contribution is -2.19. The van der Waals surface area contributed by atoms with Gasteiger partial charge in [0.2, 0.25) is 0 Å². The summed E-state index contributed by atoms with van der Waals surface area (Å²) in [6.45, 7) is 2.02. The largest absolute Gasteiger partial charge is 0.371 e. The Kier molecular flexibility index (Phi) is 3.75. The molecule has 0 N–H and O–H groups in total. The maximum absolute atomic E-state index is 10.8. The summed E-state index contributed by atoms with van der Waals surface area (Å²) >= 11 is 6.10. The van der Waals surface area contributed by atoms with Crippen LogP contribution in [0, 0.1) is 0 Å². The van der Waals surface area contributed by atoms with E-state index in [0.717, 1.165) is 31.5 Å². The predicted octanol–water partition coefficient (Wildman–Crippen LogP) is 4.15. The maximum atomic E-state index is 10.8. The molecule has 1 aliphatic heterocycles. The number of carbonyl (C=O) groups is 1. The fourth-order valence-electron chi connectivity index (χ4n) is 2.80. The Balaban J connectivity index is 1.77. The lowest BCUT2D eigenvalue weighted by Gasteiger charge is -2.19. The van der Waals surface area contributed by atoms with Gasteiger partial charge >= 0.3 is 0 Å². The number of halogens is 1. The molecular weight excluding hydrogens is 270 g/mol. The highest BCUT2D eigenvalue weighted by Crippen LogP contribution is 2.32. The molecule has 0 saturated carbocycles. The zero-order valence-corrected chi connectivity index (χ0v) is 11.9. The van der Waals surface area contributed by atoms with E-state index in [1.165, 1.54) is 5.56 Å². The van der Waals surface area contributed by atoms with Gasteiger partial charge in [-0.25, -0.2) is 0 Å². The van der Waals surface area contributed by atoms with Crippen LogP contribution < -0.4 is 4.90 Å². The Hall–Kier alpha value is -1.80. The highest BCUT2D eigenvalue weighted by molar-refractivity contribution is 6.33. The first kappa shape index (κ1) is 13.2. The van der Waals surface area contributed by atoms with Gasteiger partial charge in [-0.3, -0.25) is 4.79 Å². The van der Waals surface area contributed by atoms with E-state index in [4.69, 9.17) is 11.6 Å². The van der Waals surface area contributed by atoms with Crippen molar-refractivity contribution in [3.05, 3.63) is 64.7 Å². The summed E-state index contributed by atoms with van der Waals surface area (Å²) in [6.07, 6.45) is 1.94. The second-order valence-corrected chi connectivity index (χ2v) is 5.57. The van der Waals surface area contributed by atoms with Crippen LogP contribution in [0.25, 0.3) is 0 Å². The lowest BCUT2D eigenvalue weighted by atomic mass is 9.99. The lowest BCUT2D eigenvalue weighted by molar-refractivity contribution is 0.112. The van der Waals surface area contributed by atoms with Crippen molar-refractivity contribution in [1.29, 1.82) is 0 Å². The van der Waals surface area contributed by atoms with Gasteiger partial charge < -0.3 is 4.90 Å². The van der Waals surface area contributed by atoms with Crippen molar-refractivity contribution in [2.75, 3.05) is 18.0 Å². The van der Waals surface area contributed by atoms with Crippen LogP contribution in [0.5, 0.6) is 0 Å². The van der Waals surface area contributed by atoms with Gasteiger partial charge in [0, 0.05) is 30.3 Å². The van der Waals surface area contributed by atoms with Crippen LogP contribution in [0.15, 0.2) is 48.5 Å². The molecule has 0 aromatic heterocycles. The number of aldehydes is 1. The SMILES string of the molecule is O=Cc1ccc(N2CCC(c3ccccc3)C2)cc1Cl. The number of nitrogens with zero attached hydrogens (tertiary/aromatic N) is 1. The van der Waals surface area contributed by atoms with Crippen molar-refractivity contribution in [2.24, 2.45) is 0 Å². The number of hydrogen-bond acceptors (Lipinski definition) is 2. The standard InChI is InChI=1S/C17H16ClNO/c18-17-10-16(7-6-15(17)12-20)19-9-8-14(11-19)13-4-2-1-3-5-13/h1-7,10,12,14H,8-9,11H2. The molecule has 3 heteroatoms. The van der Waals surface area contributed by atoms with Crippen LogP contribution in [0.1, 0.15) is 28.3 Å². The molecule has 1 aliphatic rings. The van der Waals surface area contributed by atoms with Crippen molar-refractivity contribution < 1.29 is 4.79 Å². The molecule has 0 spiro atoms. The van der Waals surface area contributed by atoms with E-state index < -0.39 is 0 Å². The molecule has 2 aromatic carbocycles. The Morgan fingerprint density at radius 2 is 1.95 bits per heavy atom. The number of rotatable bonds is 3. The fourth-order valence-corrected chi connectivity index (χ4v) is 3.02. The van der Waals surface area contributed by atoms with Crippen molar-refractivity contribution in [3.8, 4) is 0 Å². The molecule has 1 unspecified atom stereocenters. The summed E-state index contributed by atoms with van der Waals surface area (Å²) in [5.41, 5.74) is 3.04. The minimum Gasteiger partial charge on any atom is -0.371 e. The smallest absolute Gasteiger partial charge is 0.151 e. The Morgan fingerprint density at radius 3 is 2.65 bits per heavy atom. The number of carbonyl (C=O) groups excluding carboxylic acids is 1. The Morgan fingerprint density at radius 1 is 1.15 bits per heavy atom. The normalized spacial score (nSPS) is 18.2. The third-order valence-electron chi connectivity index (χ3n) is 3.94. The van der Waals surface area contributed by atoms with Crippen LogP contribution in [-0.4, -0.2) is 19.4 Å². The summed E-state index contributed by atoms with van der Waals surface area (Å²) in [4.78, 5) is 13.1. The molecule has 1 saturated heterocycles. The molecular formula is C17H16ClNO. The molecule has 1 atom stereocenters. The molecule has 0 radical (unpaired) electrons. The van der Waals surface area contributed by atoms with Gasteiger partial charge in [-0.05, 0) is 30.2 Å². The summed E-state index contributed by atoms with van der Waals surface area (Å²) < 4.78 is 0. The topological polar surface area (TPSA) is 20.3 Å². The van der Waals surface area contributed by atoms with E-state index in [2.05, 4.69) is 29.2 Å².